The predicted octanol–water partition coefficient (Wildman–Crippen LogP) is 5.02. The molecular weight excluding hydrogens is 410 g/mol. The molecule has 0 fully saturated rings. The zero-order valence-electron chi connectivity index (χ0n) is 19.0. The van der Waals surface area contributed by atoms with Crippen molar-refractivity contribution >= 4 is 17.9 Å². The van der Waals surface area contributed by atoms with Crippen molar-refractivity contribution in [2.45, 2.75) is 32.6 Å². The first kappa shape index (κ1) is 23.2. The van der Waals surface area contributed by atoms with E-state index >= 15 is 0 Å². The van der Waals surface area contributed by atoms with Crippen molar-refractivity contribution in [2.75, 3.05) is 27.9 Å². The van der Waals surface area contributed by atoms with Crippen LogP contribution in [-0.2, 0) is 9.53 Å². The van der Waals surface area contributed by atoms with Crippen molar-refractivity contribution in [2.24, 2.45) is 4.99 Å². The van der Waals surface area contributed by atoms with E-state index in [2.05, 4.69) is 11.9 Å². The lowest BCUT2D eigenvalue weighted by Crippen LogP contribution is -2.06. The van der Waals surface area contributed by atoms with Gasteiger partial charge in [0.25, 0.3) is 0 Å². The van der Waals surface area contributed by atoms with Crippen LogP contribution in [-0.4, -0.2) is 39.8 Å². The van der Waals surface area contributed by atoms with Crippen LogP contribution in [0.2, 0.25) is 0 Å². The molecule has 7 heteroatoms. The zero-order chi connectivity index (χ0) is 22.9. The number of aliphatic imine (C=N–C) groups is 1. The molecule has 0 atom stereocenters. The summed E-state index contributed by atoms with van der Waals surface area (Å²) in [7, 11) is 4.70. The first-order valence-electron chi connectivity index (χ1n) is 10.6. The summed E-state index contributed by atoms with van der Waals surface area (Å²) >= 11 is 0. The SMILES string of the molecule is CCCCCCOc1ccc(/C=C2/N=C(c3cc(OC)cc(OC)c3)OC2=O)cc1OC. The predicted molar refractivity (Wildman–Crippen MR) is 123 cm³/mol. The van der Waals surface area contributed by atoms with Gasteiger partial charge in [-0.05, 0) is 42.3 Å². The lowest BCUT2D eigenvalue weighted by molar-refractivity contribution is -0.129. The molecule has 0 radical (unpaired) electrons. The van der Waals surface area contributed by atoms with Crippen LogP contribution in [0.5, 0.6) is 23.0 Å². The van der Waals surface area contributed by atoms with Crippen LogP contribution in [0.3, 0.4) is 0 Å². The minimum atomic E-state index is -0.531. The van der Waals surface area contributed by atoms with Crippen LogP contribution in [0.1, 0.15) is 43.7 Å². The molecule has 0 spiro atoms. The van der Waals surface area contributed by atoms with Crippen molar-refractivity contribution in [1.82, 2.24) is 0 Å². The summed E-state index contributed by atoms with van der Waals surface area (Å²) in [5.74, 6) is 2.08. The van der Waals surface area contributed by atoms with Gasteiger partial charge in [-0.1, -0.05) is 32.3 Å². The quantitative estimate of drug-likeness (QED) is 0.278. The van der Waals surface area contributed by atoms with Gasteiger partial charge in [0.1, 0.15) is 11.5 Å². The number of hydrogen-bond donors (Lipinski definition) is 0. The van der Waals surface area contributed by atoms with E-state index in [4.69, 9.17) is 23.7 Å². The number of unbranched alkanes of at least 4 members (excludes halogenated alkanes) is 3. The fourth-order valence-corrected chi connectivity index (χ4v) is 3.23. The first-order chi connectivity index (χ1) is 15.6. The molecule has 170 valence electrons. The second kappa shape index (κ2) is 11.2. The summed E-state index contributed by atoms with van der Waals surface area (Å²) in [5.41, 5.74) is 1.53. The smallest absolute Gasteiger partial charge is 0.363 e. The van der Waals surface area contributed by atoms with Crippen molar-refractivity contribution < 1.29 is 28.5 Å². The highest BCUT2D eigenvalue weighted by Gasteiger charge is 2.25. The number of hydrogen-bond acceptors (Lipinski definition) is 7. The average molecular weight is 440 g/mol. The molecule has 0 unspecified atom stereocenters. The highest BCUT2D eigenvalue weighted by Crippen LogP contribution is 2.31. The second-order valence-electron chi connectivity index (χ2n) is 7.26. The number of rotatable bonds is 11. The summed E-state index contributed by atoms with van der Waals surface area (Å²) in [6.45, 7) is 2.82. The van der Waals surface area contributed by atoms with Crippen molar-refractivity contribution in [1.29, 1.82) is 0 Å². The third-order valence-electron chi connectivity index (χ3n) is 4.97. The van der Waals surface area contributed by atoms with Crippen LogP contribution >= 0.6 is 0 Å². The van der Waals surface area contributed by atoms with Gasteiger partial charge in [-0.2, -0.15) is 0 Å². The van der Waals surface area contributed by atoms with Crippen molar-refractivity contribution in [3.63, 3.8) is 0 Å². The molecule has 0 saturated carbocycles. The topological polar surface area (TPSA) is 75.6 Å². The Labute approximate surface area is 188 Å². The fourth-order valence-electron chi connectivity index (χ4n) is 3.23. The number of carbonyl (C=O) groups is 1. The Morgan fingerprint density at radius 3 is 2.31 bits per heavy atom. The number of esters is 1. The Hall–Kier alpha value is -3.48. The molecule has 7 nitrogen and oxygen atoms in total. The molecule has 2 aromatic carbocycles. The molecule has 1 aliphatic heterocycles. The molecular formula is C25H29NO6. The molecule has 0 aromatic heterocycles. The number of cyclic esters (lactones) is 1. The molecule has 0 amide bonds. The van der Waals surface area contributed by atoms with Crippen LogP contribution in [0, 0.1) is 0 Å². The average Bonchev–Trinajstić information content (AvgIpc) is 3.19. The lowest BCUT2D eigenvalue weighted by atomic mass is 10.1. The van der Waals surface area contributed by atoms with Crippen LogP contribution in [0.15, 0.2) is 47.1 Å². The second-order valence-corrected chi connectivity index (χ2v) is 7.26. The number of carbonyl (C=O) groups excluding carboxylic acids is 1. The normalized spacial score (nSPS) is 14.2. The van der Waals surface area contributed by atoms with Crippen molar-refractivity contribution in [3.05, 3.63) is 53.2 Å². The molecule has 2 aromatic rings. The third-order valence-corrected chi connectivity index (χ3v) is 4.97. The Balaban J connectivity index is 1.79. The lowest BCUT2D eigenvalue weighted by Gasteiger charge is -2.11. The number of methoxy groups -OCH3 is 3. The van der Waals surface area contributed by atoms with Crippen LogP contribution in [0.25, 0.3) is 6.08 Å². The van der Waals surface area contributed by atoms with E-state index in [1.54, 1.807) is 45.6 Å². The molecule has 1 heterocycles. The van der Waals surface area contributed by atoms with E-state index < -0.39 is 5.97 Å². The van der Waals surface area contributed by atoms with E-state index in [0.29, 0.717) is 35.2 Å². The summed E-state index contributed by atoms with van der Waals surface area (Å²) in [6, 6.07) is 10.7. The minimum absolute atomic E-state index is 0.192. The standard InChI is InChI=1S/C25H29NO6/c1-5-6-7-8-11-31-22-10-9-17(13-23(22)30-4)12-21-25(27)32-24(26-21)18-14-19(28-2)16-20(15-18)29-3/h9-10,12-16H,5-8,11H2,1-4H3/b21-12+. The van der Waals surface area contributed by atoms with Gasteiger partial charge in [-0.3, -0.25) is 0 Å². The summed E-state index contributed by atoms with van der Waals surface area (Å²) in [5, 5.41) is 0. The van der Waals surface area contributed by atoms with Gasteiger partial charge in [0.15, 0.2) is 17.2 Å². The molecule has 0 N–H and O–H groups in total. The number of nitrogens with zero attached hydrogens (tertiary/aromatic N) is 1. The first-order valence-corrected chi connectivity index (χ1v) is 10.6. The van der Waals surface area contributed by atoms with Crippen LogP contribution in [0.4, 0.5) is 0 Å². The van der Waals surface area contributed by atoms with Gasteiger partial charge in [0.2, 0.25) is 5.90 Å². The summed E-state index contributed by atoms with van der Waals surface area (Å²) in [4.78, 5) is 16.8. The Morgan fingerprint density at radius 2 is 1.66 bits per heavy atom. The molecule has 0 aliphatic carbocycles. The van der Waals surface area contributed by atoms with E-state index in [9.17, 15) is 4.79 Å². The summed E-state index contributed by atoms with van der Waals surface area (Å²) in [6.07, 6.45) is 6.19. The van der Waals surface area contributed by atoms with Gasteiger partial charge >= 0.3 is 5.97 Å². The van der Waals surface area contributed by atoms with Gasteiger partial charge in [-0.15, -0.1) is 0 Å². The van der Waals surface area contributed by atoms with Gasteiger partial charge < -0.3 is 23.7 Å². The van der Waals surface area contributed by atoms with E-state index in [-0.39, 0.29) is 11.6 Å². The van der Waals surface area contributed by atoms with E-state index in [1.807, 2.05) is 18.2 Å². The number of ether oxygens (including phenoxy) is 5. The maximum absolute atomic E-state index is 12.4. The highest BCUT2D eigenvalue weighted by molar-refractivity contribution is 6.13. The molecule has 32 heavy (non-hydrogen) atoms. The fraction of sp³-hybridized carbons (Fsp3) is 0.360. The maximum Gasteiger partial charge on any atom is 0.363 e. The number of benzene rings is 2. The van der Waals surface area contributed by atoms with E-state index in [1.165, 1.54) is 12.8 Å². The molecule has 0 bridgehead atoms. The van der Waals surface area contributed by atoms with Crippen LogP contribution < -0.4 is 18.9 Å². The van der Waals surface area contributed by atoms with Gasteiger partial charge in [0.05, 0.1) is 27.9 Å². The monoisotopic (exact) mass is 439 g/mol. The zero-order valence-corrected chi connectivity index (χ0v) is 19.0. The molecule has 0 saturated heterocycles. The summed E-state index contributed by atoms with van der Waals surface area (Å²) < 4.78 is 27.2. The van der Waals surface area contributed by atoms with Gasteiger partial charge in [0, 0.05) is 11.6 Å². The maximum atomic E-state index is 12.4. The van der Waals surface area contributed by atoms with Gasteiger partial charge in [-0.25, -0.2) is 9.79 Å². The van der Waals surface area contributed by atoms with E-state index in [0.717, 1.165) is 18.4 Å². The Morgan fingerprint density at radius 1 is 0.906 bits per heavy atom. The third kappa shape index (κ3) is 5.81. The largest absolute Gasteiger partial charge is 0.497 e. The molecule has 1 aliphatic rings. The van der Waals surface area contributed by atoms with Crippen molar-refractivity contribution in [3.8, 4) is 23.0 Å². The highest BCUT2D eigenvalue weighted by atomic mass is 16.6. The molecule has 3 rings (SSSR count). The Kier molecular flexibility index (Phi) is 8.14. The Bertz CT molecular complexity index is 989. The minimum Gasteiger partial charge on any atom is -0.497 e.